The molecule has 23 heavy (non-hydrogen) atoms. The quantitative estimate of drug-likeness (QED) is 0.726. The minimum absolute atomic E-state index is 0.633. The third-order valence-corrected chi connectivity index (χ3v) is 3.82. The lowest BCUT2D eigenvalue weighted by Gasteiger charge is -2.11. The lowest BCUT2D eigenvalue weighted by Crippen LogP contribution is -2.07. The molecule has 0 unspecified atom stereocenters. The van der Waals surface area contributed by atoms with Crippen LogP contribution in [0.1, 0.15) is 22.5 Å². The molecule has 0 aliphatic rings. The second kappa shape index (κ2) is 6.80. The molecule has 1 aromatic heterocycles. The Morgan fingerprint density at radius 1 is 1.09 bits per heavy atom. The molecule has 4 heteroatoms. The van der Waals surface area contributed by atoms with Crippen LogP contribution in [0.15, 0.2) is 60.9 Å². The number of benzene rings is 2. The fourth-order valence-corrected chi connectivity index (χ4v) is 2.62. The first kappa shape index (κ1) is 14.9. The van der Waals surface area contributed by atoms with Gasteiger partial charge in [-0.25, -0.2) is 4.98 Å². The minimum Gasteiger partial charge on any atom is -0.496 e. The summed E-state index contributed by atoms with van der Waals surface area (Å²) in [4.78, 5) is 4.46. The summed E-state index contributed by atoms with van der Waals surface area (Å²) in [5.41, 5.74) is 2.79. The highest BCUT2D eigenvalue weighted by Gasteiger charge is 2.10. The van der Waals surface area contributed by atoms with Gasteiger partial charge in [-0.3, -0.25) is 0 Å². The third-order valence-electron chi connectivity index (χ3n) is 3.82. The molecular weight excluding hydrogens is 286 g/mol. The Kier molecular flexibility index (Phi) is 4.39. The maximum absolute atomic E-state index is 9.23. The van der Waals surface area contributed by atoms with Crippen molar-refractivity contribution in [1.82, 2.24) is 9.55 Å². The zero-order valence-corrected chi connectivity index (χ0v) is 12.9. The smallest absolute Gasteiger partial charge is 0.122 e. The molecule has 0 fully saturated rings. The van der Waals surface area contributed by atoms with Crippen LogP contribution >= 0.6 is 0 Å². The van der Waals surface area contributed by atoms with Crippen LogP contribution < -0.4 is 4.74 Å². The summed E-state index contributed by atoms with van der Waals surface area (Å²) in [5, 5.41) is 9.23. The van der Waals surface area contributed by atoms with Crippen molar-refractivity contribution in [2.24, 2.45) is 0 Å². The first-order valence-electron chi connectivity index (χ1n) is 7.41. The highest BCUT2D eigenvalue weighted by atomic mass is 16.5. The topological polar surface area (TPSA) is 50.8 Å². The molecule has 0 atom stereocenters. The first-order chi connectivity index (χ1) is 11.3. The summed E-state index contributed by atoms with van der Waals surface area (Å²) in [6, 6.07) is 17.8. The van der Waals surface area contributed by atoms with Gasteiger partial charge in [-0.2, -0.15) is 5.26 Å². The Labute approximate surface area is 135 Å². The highest BCUT2D eigenvalue weighted by Crippen LogP contribution is 2.21. The van der Waals surface area contributed by atoms with Gasteiger partial charge in [0.1, 0.15) is 11.6 Å². The second-order valence-electron chi connectivity index (χ2n) is 5.23. The standard InChI is InChI=1S/C19H17N3O/c1-23-18-9-5-4-6-15(18)12-19-21-10-11-22(19)14-17-8-3-2-7-16(17)13-20/h2-11H,12,14H2,1H3. The number of hydrogen-bond acceptors (Lipinski definition) is 3. The van der Waals surface area contributed by atoms with Crippen molar-refractivity contribution in [2.45, 2.75) is 13.0 Å². The van der Waals surface area contributed by atoms with Crippen LogP contribution in [0.5, 0.6) is 5.75 Å². The molecule has 0 bridgehead atoms. The Morgan fingerprint density at radius 3 is 2.61 bits per heavy atom. The number of para-hydroxylation sites is 1. The van der Waals surface area contributed by atoms with Crippen molar-refractivity contribution in [3.8, 4) is 11.8 Å². The van der Waals surface area contributed by atoms with Crippen molar-refractivity contribution < 1.29 is 4.74 Å². The largest absolute Gasteiger partial charge is 0.496 e. The van der Waals surface area contributed by atoms with Gasteiger partial charge in [-0.05, 0) is 17.7 Å². The molecule has 4 nitrogen and oxygen atoms in total. The van der Waals surface area contributed by atoms with Crippen LogP contribution in [0.2, 0.25) is 0 Å². The van der Waals surface area contributed by atoms with E-state index in [9.17, 15) is 5.26 Å². The molecule has 0 aliphatic carbocycles. The number of nitrogens with zero attached hydrogens (tertiary/aromatic N) is 3. The van der Waals surface area contributed by atoms with E-state index in [1.54, 1.807) is 13.3 Å². The van der Waals surface area contributed by atoms with Crippen LogP contribution in [0.25, 0.3) is 0 Å². The summed E-state index contributed by atoms with van der Waals surface area (Å²) < 4.78 is 7.48. The van der Waals surface area contributed by atoms with E-state index in [0.29, 0.717) is 18.5 Å². The van der Waals surface area contributed by atoms with Gasteiger partial charge in [0.2, 0.25) is 0 Å². The number of aromatic nitrogens is 2. The predicted molar refractivity (Wildman–Crippen MR) is 88.3 cm³/mol. The number of rotatable bonds is 5. The monoisotopic (exact) mass is 303 g/mol. The van der Waals surface area contributed by atoms with Gasteiger partial charge < -0.3 is 9.30 Å². The Bertz CT molecular complexity index is 846. The summed E-state index contributed by atoms with van der Waals surface area (Å²) in [5.74, 6) is 1.81. The zero-order valence-electron chi connectivity index (χ0n) is 12.9. The lowest BCUT2D eigenvalue weighted by molar-refractivity contribution is 0.410. The predicted octanol–water partition coefficient (Wildman–Crippen LogP) is 3.40. The van der Waals surface area contributed by atoms with Gasteiger partial charge >= 0.3 is 0 Å². The zero-order chi connectivity index (χ0) is 16.1. The summed E-state index contributed by atoms with van der Waals surface area (Å²) in [6.07, 6.45) is 4.42. The van der Waals surface area contributed by atoms with Gasteiger partial charge in [-0.15, -0.1) is 0 Å². The number of hydrogen-bond donors (Lipinski definition) is 0. The molecule has 0 aliphatic heterocycles. The lowest BCUT2D eigenvalue weighted by atomic mass is 10.1. The van der Waals surface area contributed by atoms with Gasteiger partial charge in [0.25, 0.3) is 0 Å². The molecular formula is C19H17N3O. The fraction of sp³-hybridized carbons (Fsp3) is 0.158. The van der Waals surface area contributed by atoms with E-state index in [1.807, 2.05) is 54.7 Å². The summed E-state index contributed by atoms with van der Waals surface area (Å²) in [7, 11) is 1.68. The van der Waals surface area contributed by atoms with Crippen molar-refractivity contribution >= 4 is 0 Å². The van der Waals surface area contributed by atoms with Gasteiger partial charge in [0.05, 0.1) is 25.3 Å². The minimum atomic E-state index is 0.633. The maximum Gasteiger partial charge on any atom is 0.122 e. The molecule has 2 aromatic carbocycles. The molecule has 0 radical (unpaired) electrons. The third kappa shape index (κ3) is 3.24. The van der Waals surface area contributed by atoms with E-state index < -0.39 is 0 Å². The Morgan fingerprint density at radius 2 is 1.83 bits per heavy atom. The van der Waals surface area contributed by atoms with Crippen LogP contribution in [0.3, 0.4) is 0 Å². The second-order valence-corrected chi connectivity index (χ2v) is 5.23. The van der Waals surface area contributed by atoms with Crippen LogP contribution in [-0.4, -0.2) is 16.7 Å². The van der Waals surface area contributed by atoms with Crippen molar-refractivity contribution in [3.05, 3.63) is 83.4 Å². The van der Waals surface area contributed by atoms with Crippen molar-refractivity contribution in [1.29, 1.82) is 5.26 Å². The molecule has 3 aromatic rings. The van der Waals surface area contributed by atoms with Crippen molar-refractivity contribution in [3.63, 3.8) is 0 Å². The summed E-state index contributed by atoms with van der Waals surface area (Å²) in [6.45, 7) is 0.633. The highest BCUT2D eigenvalue weighted by molar-refractivity contribution is 5.38. The van der Waals surface area contributed by atoms with E-state index in [-0.39, 0.29) is 0 Å². The molecule has 0 amide bonds. The molecule has 114 valence electrons. The average Bonchev–Trinajstić information content (AvgIpc) is 3.03. The summed E-state index contributed by atoms with van der Waals surface area (Å²) >= 11 is 0. The Balaban J connectivity index is 1.87. The number of methoxy groups -OCH3 is 1. The molecule has 0 N–H and O–H groups in total. The number of nitriles is 1. The van der Waals surface area contributed by atoms with E-state index in [0.717, 1.165) is 22.7 Å². The molecule has 1 heterocycles. The van der Waals surface area contributed by atoms with Crippen LogP contribution in [0, 0.1) is 11.3 Å². The fourth-order valence-electron chi connectivity index (χ4n) is 2.62. The van der Waals surface area contributed by atoms with E-state index in [4.69, 9.17) is 4.74 Å². The normalized spacial score (nSPS) is 10.3. The van der Waals surface area contributed by atoms with Gasteiger partial charge in [0.15, 0.2) is 0 Å². The number of ether oxygens (including phenoxy) is 1. The van der Waals surface area contributed by atoms with Crippen molar-refractivity contribution in [2.75, 3.05) is 7.11 Å². The molecule has 0 spiro atoms. The molecule has 0 saturated carbocycles. The van der Waals surface area contributed by atoms with E-state index in [1.165, 1.54) is 0 Å². The Hall–Kier alpha value is -3.06. The van der Waals surface area contributed by atoms with Gasteiger partial charge in [-0.1, -0.05) is 36.4 Å². The maximum atomic E-state index is 9.23. The first-order valence-corrected chi connectivity index (χ1v) is 7.41. The van der Waals surface area contributed by atoms with Crippen LogP contribution in [-0.2, 0) is 13.0 Å². The molecule has 0 saturated heterocycles. The average molecular weight is 303 g/mol. The SMILES string of the molecule is COc1ccccc1Cc1nccn1Cc1ccccc1C#N. The van der Waals surface area contributed by atoms with E-state index >= 15 is 0 Å². The van der Waals surface area contributed by atoms with Gasteiger partial charge in [0, 0.05) is 24.4 Å². The van der Waals surface area contributed by atoms with Crippen LogP contribution in [0.4, 0.5) is 0 Å². The molecule has 3 rings (SSSR count). The van der Waals surface area contributed by atoms with E-state index in [2.05, 4.69) is 15.6 Å². The number of imidazole rings is 1.